The number of amides is 3. The molecule has 1 aromatic rings. The van der Waals surface area contributed by atoms with Crippen molar-refractivity contribution in [2.75, 3.05) is 26.3 Å². The van der Waals surface area contributed by atoms with Crippen molar-refractivity contribution >= 4 is 39.6 Å². The van der Waals surface area contributed by atoms with E-state index in [0.29, 0.717) is 51.6 Å². The highest BCUT2D eigenvalue weighted by atomic mass is 79.9. The third-order valence-electron chi connectivity index (χ3n) is 10.1. The lowest BCUT2D eigenvalue weighted by atomic mass is 9.70. The van der Waals surface area contributed by atoms with Crippen LogP contribution < -0.4 is 5.32 Å². The molecule has 2 bridgehead atoms. The summed E-state index contributed by atoms with van der Waals surface area (Å²) in [6.45, 7) is 18.7. The second-order valence-corrected chi connectivity index (χ2v) is 16.9. The van der Waals surface area contributed by atoms with Crippen LogP contribution in [0.3, 0.4) is 0 Å². The summed E-state index contributed by atoms with van der Waals surface area (Å²) in [5.74, 6) is -3.03. The molecule has 0 radical (unpaired) electrons. The van der Waals surface area contributed by atoms with Crippen molar-refractivity contribution < 1.29 is 33.8 Å². The highest BCUT2D eigenvalue weighted by Crippen LogP contribution is 2.60. The molecular weight excluding hydrogens is 702 g/mol. The first-order valence-corrected chi connectivity index (χ1v) is 18.8. The molecule has 3 amide bonds. The van der Waals surface area contributed by atoms with Crippen LogP contribution in [0.2, 0.25) is 0 Å². The Labute approximate surface area is 306 Å². The zero-order valence-corrected chi connectivity index (χ0v) is 32.0. The SMILES string of the molecule is C=CCCC(=O)OC[C@@H](NC(=O)[C@H]1[C@@H]2O[C@@]3(CC2Br)[C@@H]1C(=O)N(CCCCCO)[C@@H]3C(=O)N(CC=C)C(C)(C)CC(C)(C)C)c1ccccc1. The van der Waals surface area contributed by atoms with E-state index < -0.39 is 47.1 Å². The maximum absolute atomic E-state index is 15.0. The Kier molecular flexibility index (Phi) is 13.2. The lowest BCUT2D eigenvalue weighted by Gasteiger charge is -2.45. The highest BCUT2D eigenvalue weighted by Gasteiger charge is 2.76. The number of aliphatic hydroxyl groups is 1. The zero-order valence-electron chi connectivity index (χ0n) is 30.4. The fraction of sp³-hybridized carbons (Fsp3) is 0.641. The van der Waals surface area contributed by atoms with Crippen molar-refractivity contribution in [2.24, 2.45) is 17.3 Å². The van der Waals surface area contributed by atoms with Gasteiger partial charge in [-0.05, 0) is 63.4 Å². The van der Waals surface area contributed by atoms with Crippen molar-refractivity contribution in [3.8, 4) is 0 Å². The number of hydrogen-bond donors (Lipinski definition) is 2. The molecule has 3 saturated heterocycles. The fourth-order valence-corrected chi connectivity index (χ4v) is 9.41. The summed E-state index contributed by atoms with van der Waals surface area (Å²) in [4.78, 5) is 59.7. The van der Waals surface area contributed by atoms with Crippen molar-refractivity contribution in [1.29, 1.82) is 0 Å². The van der Waals surface area contributed by atoms with Crippen LogP contribution in [0.5, 0.6) is 0 Å². The number of esters is 1. The van der Waals surface area contributed by atoms with Gasteiger partial charge < -0.3 is 29.7 Å². The van der Waals surface area contributed by atoms with E-state index in [0.717, 1.165) is 5.56 Å². The number of fused-ring (bicyclic) bond motifs is 1. The van der Waals surface area contributed by atoms with Gasteiger partial charge in [0.25, 0.3) is 0 Å². The standard InChI is InChI=1S/C39H56BrN3O7/c1-8-10-19-29(45)49-24-28(26-17-13-11-14-18-26)41-34(46)30-31-35(47)42(21-15-12-16-22-44)33(39(31)23-27(40)32(30)50-39)36(48)43(20-9-2)38(6,7)25-37(3,4)5/h8-9,11,13-14,17-18,27-28,30-33,44H,1-2,10,12,15-16,19-25H2,3-7H3,(H,41,46)/t27?,28-,30-,31+,32-,33-,39+/m1/s1. The lowest BCUT2D eigenvalue weighted by molar-refractivity contribution is -0.153. The number of ether oxygens (including phenoxy) is 2. The van der Waals surface area contributed by atoms with Gasteiger partial charge in [-0.1, -0.05) is 79.2 Å². The number of unbranched alkanes of at least 4 members (excludes halogenated alkanes) is 2. The molecule has 11 heteroatoms. The third-order valence-corrected chi connectivity index (χ3v) is 11.0. The molecular formula is C39H56BrN3O7. The van der Waals surface area contributed by atoms with Crippen molar-refractivity contribution in [2.45, 2.75) is 114 Å². The number of alkyl halides is 1. The molecule has 0 aliphatic carbocycles. The van der Waals surface area contributed by atoms with Gasteiger partial charge in [-0.2, -0.15) is 0 Å². The molecule has 3 aliphatic rings. The number of nitrogens with zero attached hydrogens (tertiary/aromatic N) is 2. The normalized spacial score (nSPS) is 26.3. The molecule has 2 N–H and O–H groups in total. The number of benzene rings is 1. The Morgan fingerprint density at radius 3 is 2.46 bits per heavy atom. The maximum Gasteiger partial charge on any atom is 0.306 e. The first-order chi connectivity index (χ1) is 23.6. The predicted octanol–water partition coefficient (Wildman–Crippen LogP) is 5.49. The topological polar surface area (TPSA) is 125 Å². The van der Waals surface area contributed by atoms with Crippen LogP contribution in [-0.4, -0.2) is 93.0 Å². The van der Waals surface area contributed by atoms with E-state index in [1.54, 1.807) is 17.1 Å². The van der Waals surface area contributed by atoms with Gasteiger partial charge in [-0.15, -0.1) is 13.2 Å². The van der Waals surface area contributed by atoms with Gasteiger partial charge in [0.1, 0.15) is 18.2 Å². The molecule has 3 aliphatic heterocycles. The molecule has 3 heterocycles. The van der Waals surface area contributed by atoms with Gasteiger partial charge in [0, 0.05) is 36.5 Å². The molecule has 3 fully saturated rings. The van der Waals surface area contributed by atoms with E-state index >= 15 is 4.79 Å². The lowest BCUT2D eigenvalue weighted by Crippen LogP contribution is -2.61. The number of nitrogens with one attached hydrogen (secondary N) is 1. The molecule has 1 spiro atoms. The van der Waals surface area contributed by atoms with Crippen molar-refractivity contribution in [1.82, 2.24) is 15.1 Å². The molecule has 7 atom stereocenters. The second kappa shape index (κ2) is 16.5. The number of rotatable bonds is 18. The third kappa shape index (κ3) is 8.53. The van der Waals surface area contributed by atoms with Crippen molar-refractivity contribution in [3.05, 3.63) is 61.2 Å². The first kappa shape index (κ1) is 39.8. The van der Waals surface area contributed by atoms with Gasteiger partial charge in [-0.3, -0.25) is 19.2 Å². The van der Waals surface area contributed by atoms with Crippen LogP contribution >= 0.6 is 15.9 Å². The summed E-state index contributed by atoms with van der Waals surface area (Å²) < 4.78 is 12.4. The Morgan fingerprint density at radius 1 is 1.14 bits per heavy atom. The maximum atomic E-state index is 15.0. The summed E-state index contributed by atoms with van der Waals surface area (Å²) in [5, 5.41) is 12.5. The minimum absolute atomic E-state index is 0.0431. The van der Waals surface area contributed by atoms with E-state index in [1.165, 1.54) is 0 Å². The molecule has 1 unspecified atom stereocenters. The van der Waals surface area contributed by atoms with Gasteiger partial charge in [0.15, 0.2) is 0 Å². The average molecular weight is 759 g/mol. The van der Waals surface area contributed by atoms with Crippen LogP contribution in [0.4, 0.5) is 0 Å². The molecule has 0 aromatic heterocycles. The Hall–Kier alpha value is -3.02. The average Bonchev–Trinajstić information content (AvgIpc) is 3.64. The Morgan fingerprint density at radius 2 is 1.84 bits per heavy atom. The van der Waals surface area contributed by atoms with Gasteiger partial charge in [-0.25, -0.2) is 0 Å². The molecule has 0 saturated carbocycles. The van der Waals surface area contributed by atoms with Crippen molar-refractivity contribution in [3.63, 3.8) is 0 Å². The van der Waals surface area contributed by atoms with Gasteiger partial charge in [0.05, 0.1) is 24.0 Å². The molecule has 50 heavy (non-hydrogen) atoms. The minimum atomic E-state index is -1.22. The smallest absolute Gasteiger partial charge is 0.306 e. The number of aliphatic hydroxyl groups excluding tert-OH is 1. The van der Waals surface area contributed by atoms with E-state index in [1.807, 2.05) is 49.1 Å². The number of carbonyl (C=O) groups is 4. The second-order valence-electron chi connectivity index (χ2n) is 15.7. The number of hydrogen-bond acceptors (Lipinski definition) is 7. The monoisotopic (exact) mass is 757 g/mol. The molecule has 10 nitrogen and oxygen atoms in total. The van der Waals surface area contributed by atoms with Crippen LogP contribution in [0, 0.1) is 17.3 Å². The first-order valence-electron chi connectivity index (χ1n) is 17.9. The summed E-state index contributed by atoms with van der Waals surface area (Å²) in [7, 11) is 0. The summed E-state index contributed by atoms with van der Waals surface area (Å²) >= 11 is 3.78. The van der Waals surface area contributed by atoms with Gasteiger partial charge >= 0.3 is 5.97 Å². The minimum Gasteiger partial charge on any atom is -0.463 e. The number of halogens is 1. The highest BCUT2D eigenvalue weighted by molar-refractivity contribution is 9.09. The molecule has 276 valence electrons. The van der Waals surface area contributed by atoms with E-state index in [-0.39, 0.29) is 47.6 Å². The quantitative estimate of drug-likeness (QED) is 0.0878. The summed E-state index contributed by atoms with van der Waals surface area (Å²) in [5.41, 5.74) is -1.12. The van der Waals surface area contributed by atoms with Crippen LogP contribution in [0.1, 0.15) is 91.2 Å². The van der Waals surface area contributed by atoms with Crippen LogP contribution in [0.25, 0.3) is 0 Å². The van der Waals surface area contributed by atoms with E-state index in [2.05, 4.69) is 55.2 Å². The van der Waals surface area contributed by atoms with Crippen LogP contribution in [-0.2, 0) is 28.7 Å². The van der Waals surface area contributed by atoms with E-state index in [9.17, 15) is 19.5 Å². The van der Waals surface area contributed by atoms with E-state index in [4.69, 9.17) is 9.47 Å². The Balaban J connectivity index is 1.70. The van der Waals surface area contributed by atoms with Crippen LogP contribution in [0.15, 0.2) is 55.6 Å². The predicted molar refractivity (Wildman–Crippen MR) is 196 cm³/mol. The number of allylic oxidation sites excluding steroid dienone is 1. The Bertz CT molecular complexity index is 1400. The zero-order chi connectivity index (χ0) is 36.9. The summed E-state index contributed by atoms with van der Waals surface area (Å²) in [6, 6.07) is 7.66. The number of likely N-dealkylation sites (tertiary alicyclic amines) is 1. The largest absolute Gasteiger partial charge is 0.463 e. The molecule has 1 aromatic carbocycles. The summed E-state index contributed by atoms with van der Waals surface area (Å²) in [6.07, 6.45) is 6.35. The number of carbonyl (C=O) groups excluding carboxylic acids is 4. The van der Waals surface area contributed by atoms with Gasteiger partial charge in [0.2, 0.25) is 17.7 Å². The fourth-order valence-electron chi connectivity index (χ4n) is 8.47. The molecule has 4 rings (SSSR count).